The molecule has 0 unspecified atom stereocenters. The Hall–Kier alpha value is -3.21. The van der Waals surface area contributed by atoms with E-state index < -0.39 is 0 Å². The van der Waals surface area contributed by atoms with E-state index >= 15 is 0 Å². The first-order valence-electron chi connectivity index (χ1n) is 7.15. The molecular formula is C18H15N3O2. The Balaban J connectivity index is 1.88. The molecule has 0 bridgehead atoms. The lowest BCUT2D eigenvalue weighted by atomic mass is 10.1. The molecule has 0 fully saturated rings. The van der Waals surface area contributed by atoms with Crippen molar-refractivity contribution in [3.05, 3.63) is 66.5 Å². The van der Waals surface area contributed by atoms with Crippen molar-refractivity contribution >= 4 is 34.0 Å². The number of carbonyl (C=O) groups is 2. The second-order valence-electron chi connectivity index (χ2n) is 5.12. The molecule has 0 radical (unpaired) electrons. The number of amides is 2. The molecule has 0 saturated carbocycles. The molecule has 3 aromatic rings. The van der Waals surface area contributed by atoms with Gasteiger partial charge in [-0.15, -0.1) is 0 Å². The van der Waals surface area contributed by atoms with Crippen molar-refractivity contribution in [3.8, 4) is 0 Å². The fourth-order valence-electron chi connectivity index (χ4n) is 2.37. The summed E-state index contributed by atoms with van der Waals surface area (Å²) in [4.78, 5) is 27.6. The van der Waals surface area contributed by atoms with Crippen molar-refractivity contribution in [2.75, 3.05) is 10.6 Å². The Kier molecular flexibility index (Phi) is 4.01. The number of hydrogen-bond acceptors (Lipinski definition) is 3. The Labute approximate surface area is 133 Å². The van der Waals surface area contributed by atoms with Gasteiger partial charge in [-0.25, -0.2) is 0 Å². The minimum absolute atomic E-state index is 0.177. The molecule has 5 nitrogen and oxygen atoms in total. The number of nitrogens with one attached hydrogen (secondary N) is 2. The minimum Gasteiger partial charge on any atom is -0.326 e. The number of benzene rings is 2. The standard InChI is InChI=1S/C18H15N3O2/c1-12(22)20-15-6-2-4-13(10-15)18(23)21-17-7-3-5-14-11-19-9-8-16(14)17/h2-11H,1H3,(H,20,22)(H,21,23). The third-order valence-electron chi connectivity index (χ3n) is 3.37. The molecule has 5 heteroatoms. The number of hydrogen-bond donors (Lipinski definition) is 2. The average molecular weight is 305 g/mol. The molecule has 23 heavy (non-hydrogen) atoms. The van der Waals surface area contributed by atoms with Crippen LogP contribution in [-0.2, 0) is 4.79 Å². The second-order valence-corrected chi connectivity index (χ2v) is 5.12. The van der Waals surface area contributed by atoms with E-state index in [1.165, 1.54) is 6.92 Å². The van der Waals surface area contributed by atoms with Gasteiger partial charge in [-0.2, -0.15) is 0 Å². The lowest BCUT2D eigenvalue weighted by molar-refractivity contribution is -0.114. The summed E-state index contributed by atoms with van der Waals surface area (Å²) < 4.78 is 0. The summed E-state index contributed by atoms with van der Waals surface area (Å²) in [7, 11) is 0. The molecule has 2 aromatic carbocycles. The topological polar surface area (TPSA) is 71.1 Å². The zero-order valence-corrected chi connectivity index (χ0v) is 12.5. The van der Waals surface area contributed by atoms with Crippen LogP contribution in [0, 0.1) is 0 Å². The number of rotatable bonds is 3. The van der Waals surface area contributed by atoms with Gasteiger partial charge in [0.05, 0.1) is 0 Å². The summed E-state index contributed by atoms with van der Waals surface area (Å²) in [6, 6.07) is 14.3. The fourth-order valence-corrected chi connectivity index (χ4v) is 2.37. The Morgan fingerprint density at radius 2 is 1.83 bits per heavy atom. The zero-order valence-electron chi connectivity index (χ0n) is 12.5. The summed E-state index contributed by atoms with van der Waals surface area (Å²) >= 11 is 0. The van der Waals surface area contributed by atoms with Gasteiger partial charge in [-0.3, -0.25) is 14.6 Å². The highest BCUT2D eigenvalue weighted by Crippen LogP contribution is 2.23. The molecule has 0 atom stereocenters. The van der Waals surface area contributed by atoms with E-state index in [-0.39, 0.29) is 11.8 Å². The van der Waals surface area contributed by atoms with Crippen LogP contribution >= 0.6 is 0 Å². The lowest BCUT2D eigenvalue weighted by Crippen LogP contribution is -2.13. The van der Waals surface area contributed by atoms with E-state index in [0.29, 0.717) is 11.3 Å². The molecular weight excluding hydrogens is 290 g/mol. The van der Waals surface area contributed by atoms with E-state index in [1.54, 1.807) is 36.7 Å². The van der Waals surface area contributed by atoms with Crippen molar-refractivity contribution in [2.24, 2.45) is 0 Å². The molecule has 2 amide bonds. The average Bonchev–Trinajstić information content (AvgIpc) is 2.55. The van der Waals surface area contributed by atoms with Crippen LogP contribution in [0.15, 0.2) is 60.9 Å². The summed E-state index contributed by atoms with van der Waals surface area (Å²) in [5.41, 5.74) is 1.79. The Morgan fingerprint density at radius 3 is 2.65 bits per heavy atom. The number of carbonyl (C=O) groups excluding carboxylic acids is 2. The van der Waals surface area contributed by atoms with E-state index in [4.69, 9.17) is 0 Å². The molecule has 0 spiro atoms. The molecule has 0 aliphatic carbocycles. The van der Waals surface area contributed by atoms with Gasteiger partial charge < -0.3 is 10.6 Å². The van der Waals surface area contributed by atoms with Gasteiger partial charge in [0.2, 0.25) is 5.91 Å². The Morgan fingerprint density at radius 1 is 1.00 bits per heavy atom. The summed E-state index contributed by atoms with van der Waals surface area (Å²) in [5.74, 6) is -0.411. The predicted octanol–water partition coefficient (Wildman–Crippen LogP) is 3.45. The highest BCUT2D eigenvalue weighted by atomic mass is 16.2. The first kappa shape index (κ1) is 14.7. The summed E-state index contributed by atoms with van der Waals surface area (Å²) in [5, 5.41) is 7.45. The minimum atomic E-state index is -0.235. The monoisotopic (exact) mass is 305 g/mol. The molecule has 0 aliphatic rings. The highest BCUT2D eigenvalue weighted by molar-refractivity contribution is 6.09. The highest BCUT2D eigenvalue weighted by Gasteiger charge is 2.09. The third-order valence-corrected chi connectivity index (χ3v) is 3.37. The van der Waals surface area contributed by atoms with Crippen molar-refractivity contribution < 1.29 is 9.59 Å². The molecule has 1 heterocycles. The van der Waals surface area contributed by atoms with Gasteiger partial charge in [0.25, 0.3) is 5.91 Å². The lowest BCUT2D eigenvalue weighted by Gasteiger charge is -2.09. The van der Waals surface area contributed by atoms with Gasteiger partial charge in [0, 0.05) is 47.0 Å². The van der Waals surface area contributed by atoms with Gasteiger partial charge in [0.15, 0.2) is 0 Å². The van der Waals surface area contributed by atoms with Crippen LogP contribution in [-0.4, -0.2) is 16.8 Å². The van der Waals surface area contributed by atoms with Crippen LogP contribution < -0.4 is 10.6 Å². The number of fused-ring (bicyclic) bond motifs is 1. The van der Waals surface area contributed by atoms with Crippen LogP contribution in [0.4, 0.5) is 11.4 Å². The van der Waals surface area contributed by atoms with Crippen LogP contribution in [0.5, 0.6) is 0 Å². The quantitative estimate of drug-likeness (QED) is 0.778. The van der Waals surface area contributed by atoms with Gasteiger partial charge in [0.1, 0.15) is 0 Å². The SMILES string of the molecule is CC(=O)Nc1cccc(C(=O)Nc2cccc3cnccc23)c1. The second kappa shape index (κ2) is 6.27. The van der Waals surface area contributed by atoms with Crippen molar-refractivity contribution in [2.45, 2.75) is 6.92 Å². The van der Waals surface area contributed by atoms with Gasteiger partial charge in [-0.1, -0.05) is 18.2 Å². The van der Waals surface area contributed by atoms with Crippen molar-refractivity contribution in [3.63, 3.8) is 0 Å². The van der Waals surface area contributed by atoms with Gasteiger partial charge in [-0.05, 0) is 30.3 Å². The summed E-state index contributed by atoms with van der Waals surface area (Å²) in [6.07, 6.45) is 3.44. The van der Waals surface area contributed by atoms with E-state index in [9.17, 15) is 9.59 Å². The zero-order chi connectivity index (χ0) is 16.2. The van der Waals surface area contributed by atoms with Gasteiger partial charge >= 0.3 is 0 Å². The molecule has 0 aliphatic heterocycles. The normalized spacial score (nSPS) is 10.3. The van der Waals surface area contributed by atoms with Crippen LogP contribution in [0.1, 0.15) is 17.3 Å². The first-order chi connectivity index (χ1) is 11.1. The first-order valence-corrected chi connectivity index (χ1v) is 7.15. The number of anilines is 2. The molecule has 1 aromatic heterocycles. The van der Waals surface area contributed by atoms with Crippen molar-refractivity contribution in [1.82, 2.24) is 4.98 Å². The molecule has 3 rings (SSSR count). The maximum atomic E-state index is 12.5. The smallest absolute Gasteiger partial charge is 0.255 e. The van der Waals surface area contributed by atoms with Crippen LogP contribution in [0.25, 0.3) is 10.8 Å². The van der Waals surface area contributed by atoms with E-state index in [1.807, 2.05) is 24.3 Å². The maximum Gasteiger partial charge on any atom is 0.255 e. The van der Waals surface area contributed by atoms with Crippen LogP contribution in [0.3, 0.4) is 0 Å². The third kappa shape index (κ3) is 3.35. The maximum absolute atomic E-state index is 12.5. The predicted molar refractivity (Wildman–Crippen MR) is 90.4 cm³/mol. The molecule has 114 valence electrons. The molecule has 0 saturated heterocycles. The van der Waals surface area contributed by atoms with Crippen LogP contribution in [0.2, 0.25) is 0 Å². The van der Waals surface area contributed by atoms with Crippen molar-refractivity contribution in [1.29, 1.82) is 0 Å². The van der Waals surface area contributed by atoms with E-state index in [2.05, 4.69) is 15.6 Å². The molecule has 2 N–H and O–H groups in total. The largest absolute Gasteiger partial charge is 0.326 e. The Bertz CT molecular complexity index is 885. The van der Waals surface area contributed by atoms with E-state index in [0.717, 1.165) is 16.5 Å². The summed E-state index contributed by atoms with van der Waals surface area (Å²) in [6.45, 7) is 1.43. The number of pyridine rings is 1. The number of aromatic nitrogens is 1. The fraction of sp³-hybridized carbons (Fsp3) is 0.0556. The number of nitrogens with zero attached hydrogens (tertiary/aromatic N) is 1.